The minimum atomic E-state index is -1.07. The van der Waals surface area contributed by atoms with E-state index in [9.17, 15) is 14.7 Å². The molecule has 5 heteroatoms. The first kappa shape index (κ1) is 15.9. The molecule has 0 bridgehead atoms. The Kier molecular flexibility index (Phi) is 6.16. The summed E-state index contributed by atoms with van der Waals surface area (Å²) in [7, 11) is 0. The van der Waals surface area contributed by atoms with Crippen LogP contribution in [0.5, 0.6) is 0 Å². The summed E-state index contributed by atoms with van der Waals surface area (Å²) in [6.07, 6.45) is 0.546. The lowest BCUT2D eigenvalue weighted by atomic mass is 9.76. The van der Waals surface area contributed by atoms with Gasteiger partial charge in [-0.1, -0.05) is 20.8 Å². The van der Waals surface area contributed by atoms with Gasteiger partial charge in [-0.3, -0.25) is 9.59 Å². The maximum Gasteiger partial charge on any atom is 0.310 e. The number of amides is 1. The maximum absolute atomic E-state index is 11.7. The van der Waals surface area contributed by atoms with E-state index < -0.39 is 11.4 Å². The summed E-state index contributed by atoms with van der Waals surface area (Å²) < 4.78 is 0. The minimum absolute atomic E-state index is 0.0729. The van der Waals surface area contributed by atoms with Crippen LogP contribution in [-0.2, 0) is 9.59 Å². The molecular formula is C12H23NO4. The van der Waals surface area contributed by atoms with Crippen LogP contribution in [0.2, 0.25) is 0 Å². The number of carboxylic acid groups (broad SMARTS) is 1. The summed E-state index contributed by atoms with van der Waals surface area (Å²) in [5, 5.41) is 20.8. The molecule has 0 heterocycles. The average Bonchev–Trinajstić information content (AvgIpc) is 2.25. The van der Waals surface area contributed by atoms with E-state index in [0.717, 1.165) is 0 Å². The standard InChI is InChI=1S/C12H23NO4/c1-5-9(7-14)13-10(15)6-12(4,8(2)3)11(16)17/h8-9,14H,5-7H2,1-4H3,(H,13,15)(H,16,17)/t9-,12?/m0/s1. The number of carbonyl (C=O) groups excluding carboxylic acids is 1. The maximum atomic E-state index is 11.7. The van der Waals surface area contributed by atoms with Gasteiger partial charge in [-0.15, -0.1) is 0 Å². The monoisotopic (exact) mass is 245 g/mol. The average molecular weight is 245 g/mol. The Morgan fingerprint density at radius 2 is 1.88 bits per heavy atom. The third kappa shape index (κ3) is 4.34. The summed E-state index contributed by atoms with van der Waals surface area (Å²) in [6.45, 7) is 6.85. The van der Waals surface area contributed by atoms with Crippen molar-refractivity contribution in [2.24, 2.45) is 11.3 Å². The summed E-state index contributed by atoms with van der Waals surface area (Å²) in [5.41, 5.74) is -1.07. The number of carbonyl (C=O) groups is 2. The molecule has 0 fully saturated rings. The second-order valence-corrected chi connectivity index (χ2v) is 4.91. The lowest BCUT2D eigenvalue weighted by molar-refractivity contribution is -0.153. The van der Waals surface area contributed by atoms with Gasteiger partial charge in [0.2, 0.25) is 5.91 Å². The highest BCUT2D eigenvalue weighted by Crippen LogP contribution is 2.31. The zero-order valence-electron chi connectivity index (χ0n) is 11.0. The van der Waals surface area contributed by atoms with Crippen LogP contribution >= 0.6 is 0 Å². The largest absolute Gasteiger partial charge is 0.481 e. The number of hydrogen-bond acceptors (Lipinski definition) is 3. The van der Waals surface area contributed by atoms with Crippen molar-refractivity contribution in [3.05, 3.63) is 0 Å². The molecule has 0 aromatic carbocycles. The van der Waals surface area contributed by atoms with Crippen molar-refractivity contribution in [2.75, 3.05) is 6.61 Å². The van der Waals surface area contributed by atoms with Gasteiger partial charge in [-0.05, 0) is 19.3 Å². The Morgan fingerprint density at radius 3 is 2.18 bits per heavy atom. The zero-order valence-corrected chi connectivity index (χ0v) is 11.0. The molecule has 1 unspecified atom stereocenters. The van der Waals surface area contributed by atoms with E-state index in [-0.39, 0.29) is 30.9 Å². The quantitative estimate of drug-likeness (QED) is 0.624. The van der Waals surface area contributed by atoms with E-state index in [1.165, 1.54) is 0 Å². The predicted molar refractivity (Wildman–Crippen MR) is 64.5 cm³/mol. The SMILES string of the molecule is CC[C@@H](CO)NC(=O)CC(C)(C(=O)O)C(C)C. The Labute approximate surface area is 102 Å². The molecule has 0 aliphatic heterocycles. The van der Waals surface area contributed by atoms with E-state index in [0.29, 0.717) is 6.42 Å². The van der Waals surface area contributed by atoms with Gasteiger partial charge in [0.05, 0.1) is 18.1 Å². The van der Waals surface area contributed by atoms with Gasteiger partial charge in [0.25, 0.3) is 0 Å². The van der Waals surface area contributed by atoms with Crippen molar-refractivity contribution in [3.8, 4) is 0 Å². The van der Waals surface area contributed by atoms with Crippen LogP contribution in [0.4, 0.5) is 0 Å². The van der Waals surface area contributed by atoms with E-state index in [4.69, 9.17) is 5.11 Å². The first-order valence-electron chi connectivity index (χ1n) is 5.91. The van der Waals surface area contributed by atoms with E-state index >= 15 is 0 Å². The predicted octanol–water partition coefficient (Wildman–Crippen LogP) is 1.01. The summed E-state index contributed by atoms with van der Waals surface area (Å²) in [5.74, 6) is -1.44. The molecule has 0 aromatic rings. The smallest absolute Gasteiger partial charge is 0.310 e. The van der Waals surface area contributed by atoms with Crippen molar-refractivity contribution in [1.82, 2.24) is 5.32 Å². The van der Waals surface area contributed by atoms with Gasteiger partial charge in [0, 0.05) is 6.42 Å². The lowest BCUT2D eigenvalue weighted by Crippen LogP contribution is -2.43. The van der Waals surface area contributed by atoms with Crippen LogP contribution in [0.15, 0.2) is 0 Å². The number of nitrogens with one attached hydrogen (secondary N) is 1. The fourth-order valence-corrected chi connectivity index (χ4v) is 1.42. The van der Waals surface area contributed by atoms with E-state index in [1.807, 2.05) is 6.92 Å². The molecule has 1 amide bonds. The molecule has 17 heavy (non-hydrogen) atoms. The van der Waals surface area contributed by atoms with Crippen molar-refractivity contribution in [2.45, 2.75) is 46.6 Å². The number of hydrogen-bond donors (Lipinski definition) is 3. The molecule has 2 atom stereocenters. The first-order chi connectivity index (χ1) is 7.77. The third-order valence-electron chi connectivity index (χ3n) is 3.37. The Bertz CT molecular complexity index is 274. The second-order valence-electron chi connectivity index (χ2n) is 4.91. The molecule has 0 spiro atoms. The number of aliphatic hydroxyl groups is 1. The summed E-state index contributed by atoms with van der Waals surface area (Å²) in [6, 6.07) is -0.298. The van der Waals surface area contributed by atoms with E-state index in [2.05, 4.69) is 5.32 Å². The Morgan fingerprint density at radius 1 is 1.35 bits per heavy atom. The molecule has 3 N–H and O–H groups in total. The highest BCUT2D eigenvalue weighted by Gasteiger charge is 2.38. The normalized spacial score (nSPS) is 16.4. The molecule has 0 saturated carbocycles. The van der Waals surface area contributed by atoms with Gasteiger partial charge in [-0.2, -0.15) is 0 Å². The molecule has 0 rings (SSSR count). The van der Waals surface area contributed by atoms with Gasteiger partial charge < -0.3 is 15.5 Å². The van der Waals surface area contributed by atoms with Crippen LogP contribution in [0.25, 0.3) is 0 Å². The lowest BCUT2D eigenvalue weighted by Gasteiger charge is -2.29. The van der Waals surface area contributed by atoms with Crippen LogP contribution in [0.3, 0.4) is 0 Å². The second kappa shape index (κ2) is 6.59. The number of aliphatic carboxylic acids is 1. The van der Waals surface area contributed by atoms with Crippen LogP contribution in [-0.4, -0.2) is 34.7 Å². The van der Waals surface area contributed by atoms with Crippen LogP contribution in [0, 0.1) is 11.3 Å². The number of carboxylic acids is 1. The molecule has 0 aromatic heterocycles. The highest BCUT2D eigenvalue weighted by molar-refractivity contribution is 5.85. The zero-order chi connectivity index (χ0) is 13.6. The fourth-order valence-electron chi connectivity index (χ4n) is 1.42. The minimum Gasteiger partial charge on any atom is -0.481 e. The third-order valence-corrected chi connectivity index (χ3v) is 3.37. The van der Waals surface area contributed by atoms with Gasteiger partial charge >= 0.3 is 5.97 Å². The molecule has 0 aliphatic rings. The molecule has 0 aliphatic carbocycles. The topological polar surface area (TPSA) is 86.6 Å². The summed E-state index contributed by atoms with van der Waals surface area (Å²) >= 11 is 0. The van der Waals surface area contributed by atoms with Crippen LogP contribution in [0.1, 0.15) is 40.5 Å². The fraction of sp³-hybridized carbons (Fsp3) is 0.833. The molecule has 0 saturated heterocycles. The molecular weight excluding hydrogens is 222 g/mol. The Balaban J connectivity index is 4.58. The van der Waals surface area contributed by atoms with Gasteiger partial charge in [0.15, 0.2) is 0 Å². The Hall–Kier alpha value is -1.10. The van der Waals surface area contributed by atoms with Crippen molar-refractivity contribution >= 4 is 11.9 Å². The first-order valence-corrected chi connectivity index (χ1v) is 5.91. The van der Waals surface area contributed by atoms with Crippen LogP contribution < -0.4 is 5.32 Å². The van der Waals surface area contributed by atoms with Crippen molar-refractivity contribution in [1.29, 1.82) is 0 Å². The molecule has 0 radical (unpaired) electrons. The van der Waals surface area contributed by atoms with E-state index in [1.54, 1.807) is 20.8 Å². The molecule has 100 valence electrons. The summed E-state index contributed by atoms with van der Waals surface area (Å²) in [4.78, 5) is 22.9. The number of aliphatic hydroxyl groups excluding tert-OH is 1. The van der Waals surface area contributed by atoms with Gasteiger partial charge in [0.1, 0.15) is 0 Å². The van der Waals surface area contributed by atoms with Crippen molar-refractivity contribution < 1.29 is 19.8 Å². The molecule has 5 nitrogen and oxygen atoms in total. The number of rotatable bonds is 7. The van der Waals surface area contributed by atoms with Gasteiger partial charge in [-0.25, -0.2) is 0 Å². The highest BCUT2D eigenvalue weighted by atomic mass is 16.4. The van der Waals surface area contributed by atoms with Crippen molar-refractivity contribution in [3.63, 3.8) is 0 Å².